The number of hydrogen-bond acceptors (Lipinski definition) is 6. The van der Waals surface area contributed by atoms with Crippen molar-refractivity contribution in [3.05, 3.63) is 96.1 Å². The third kappa shape index (κ3) is 5.63. The quantitative estimate of drug-likeness (QED) is 0.376. The van der Waals surface area contributed by atoms with Crippen molar-refractivity contribution >= 4 is 17.7 Å². The van der Waals surface area contributed by atoms with Crippen molar-refractivity contribution in [2.75, 3.05) is 18.9 Å². The fraction of sp³-hybridized carbons (Fsp3) is 0.192. The lowest BCUT2D eigenvalue weighted by atomic mass is 10.1. The Hall–Kier alpha value is -3.85. The highest BCUT2D eigenvalue weighted by Crippen LogP contribution is 2.30. The number of hydrogen-bond donors (Lipinski definition) is 1. The first-order valence-electron chi connectivity index (χ1n) is 11.2. The molecule has 0 fully saturated rings. The van der Waals surface area contributed by atoms with Crippen molar-refractivity contribution in [1.29, 1.82) is 0 Å². The van der Waals surface area contributed by atoms with Crippen LogP contribution in [-0.4, -0.2) is 45.7 Å². The van der Waals surface area contributed by atoms with Gasteiger partial charge in [0.15, 0.2) is 16.7 Å². The van der Waals surface area contributed by atoms with E-state index < -0.39 is 0 Å². The molecular formula is C26H23FN4O3S. The third-order valence-corrected chi connectivity index (χ3v) is 6.35. The number of ether oxygens (including phenoxy) is 2. The largest absolute Gasteiger partial charge is 0.486 e. The second-order valence-electron chi connectivity index (χ2n) is 7.96. The summed E-state index contributed by atoms with van der Waals surface area (Å²) in [6.07, 6.45) is 0.289. The molecular weight excluding hydrogens is 467 g/mol. The molecule has 7 nitrogen and oxygen atoms in total. The van der Waals surface area contributed by atoms with Gasteiger partial charge >= 0.3 is 0 Å². The molecule has 0 radical (unpaired) electrons. The standard InChI is InChI=1S/C26H23FN4O3S/c27-19-10-12-20(13-11-19)31-24(14-18-6-2-1-3-7-18)29-30-26(31)35-17-25(32)28-15-21-16-33-22-8-4-5-9-23(22)34-21/h1-13,21H,14-17H2,(H,28,32). The smallest absolute Gasteiger partial charge is 0.230 e. The molecule has 0 saturated heterocycles. The monoisotopic (exact) mass is 490 g/mol. The second-order valence-corrected chi connectivity index (χ2v) is 8.91. The van der Waals surface area contributed by atoms with Crippen LogP contribution in [0.2, 0.25) is 0 Å². The predicted octanol–water partition coefficient (Wildman–Crippen LogP) is 4.05. The van der Waals surface area contributed by atoms with Crippen molar-refractivity contribution in [2.24, 2.45) is 0 Å². The number of amides is 1. The average Bonchev–Trinajstić information content (AvgIpc) is 3.29. The number of thioether (sulfide) groups is 1. The van der Waals surface area contributed by atoms with Gasteiger partial charge in [-0.05, 0) is 42.0 Å². The van der Waals surface area contributed by atoms with Gasteiger partial charge in [0.05, 0.1) is 12.3 Å². The highest BCUT2D eigenvalue weighted by Gasteiger charge is 2.22. The predicted molar refractivity (Wildman–Crippen MR) is 131 cm³/mol. The zero-order chi connectivity index (χ0) is 24.0. The van der Waals surface area contributed by atoms with Crippen LogP contribution in [0.3, 0.4) is 0 Å². The Morgan fingerprint density at radius 3 is 2.54 bits per heavy atom. The van der Waals surface area contributed by atoms with E-state index in [9.17, 15) is 9.18 Å². The van der Waals surface area contributed by atoms with Gasteiger partial charge < -0.3 is 14.8 Å². The van der Waals surface area contributed by atoms with Crippen LogP contribution in [0.5, 0.6) is 11.5 Å². The molecule has 1 aliphatic heterocycles. The van der Waals surface area contributed by atoms with Gasteiger partial charge in [-0.25, -0.2) is 4.39 Å². The molecule has 35 heavy (non-hydrogen) atoms. The summed E-state index contributed by atoms with van der Waals surface area (Å²) < 4.78 is 27.0. The average molecular weight is 491 g/mol. The molecule has 1 N–H and O–H groups in total. The molecule has 5 rings (SSSR count). The van der Waals surface area contributed by atoms with Crippen LogP contribution < -0.4 is 14.8 Å². The van der Waals surface area contributed by atoms with Gasteiger partial charge in [0.2, 0.25) is 5.91 Å². The minimum absolute atomic E-state index is 0.148. The maximum Gasteiger partial charge on any atom is 0.230 e. The molecule has 3 aromatic carbocycles. The van der Waals surface area contributed by atoms with Crippen LogP contribution >= 0.6 is 11.8 Å². The Bertz CT molecular complexity index is 1300. The van der Waals surface area contributed by atoms with Crippen molar-refractivity contribution in [3.8, 4) is 17.2 Å². The van der Waals surface area contributed by atoms with Crippen LogP contribution in [0, 0.1) is 5.82 Å². The zero-order valence-electron chi connectivity index (χ0n) is 18.8. The number of aromatic nitrogens is 3. The van der Waals surface area contributed by atoms with E-state index in [1.54, 1.807) is 12.1 Å². The number of halogens is 1. The van der Waals surface area contributed by atoms with Crippen LogP contribution in [-0.2, 0) is 11.2 Å². The minimum atomic E-state index is -0.323. The summed E-state index contributed by atoms with van der Waals surface area (Å²) in [5.74, 6) is 1.75. The molecule has 1 aromatic heterocycles. The maximum atomic E-state index is 13.5. The summed E-state index contributed by atoms with van der Waals surface area (Å²) >= 11 is 1.27. The Kier molecular flexibility index (Phi) is 6.94. The van der Waals surface area contributed by atoms with E-state index in [1.807, 2.05) is 59.2 Å². The zero-order valence-corrected chi connectivity index (χ0v) is 19.6. The Labute approximate surface area is 206 Å². The van der Waals surface area contributed by atoms with Gasteiger partial charge in [-0.2, -0.15) is 0 Å². The summed E-state index contributed by atoms with van der Waals surface area (Å²) in [6, 6.07) is 23.5. The van der Waals surface area contributed by atoms with Crippen molar-refractivity contribution in [3.63, 3.8) is 0 Å². The Morgan fingerprint density at radius 2 is 1.74 bits per heavy atom. The SMILES string of the molecule is O=C(CSc1nnc(Cc2ccccc2)n1-c1ccc(F)cc1)NCC1COc2ccccc2O1. The fourth-order valence-electron chi connectivity index (χ4n) is 3.71. The lowest BCUT2D eigenvalue weighted by Gasteiger charge is -2.26. The Morgan fingerprint density at radius 1 is 1.00 bits per heavy atom. The summed E-state index contributed by atoms with van der Waals surface area (Å²) in [4.78, 5) is 12.6. The lowest BCUT2D eigenvalue weighted by Crippen LogP contribution is -2.41. The Balaban J connectivity index is 1.24. The van der Waals surface area contributed by atoms with Crippen LogP contribution in [0.15, 0.2) is 84.0 Å². The normalized spacial score (nSPS) is 14.5. The van der Waals surface area contributed by atoms with E-state index in [2.05, 4.69) is 15.5 Å². The van der Waals surface area contributed by atoms with Crippen LogP contribution in [0.1, 0.15) is 11.4 Å². The minimum Gasteiger partial charge on any atom is -0.486 e. The molecule has 2 heterocycles. The summed E-state index contributed by atoms with van der Waals surface area (Å²) in [5, 5.41) is 12.1. The van der Waals surface area contributed by atoms with E-state index in [4.69, 9.17) is 9.47 Å². The fourth-order valence-corrected chi connectivity index (χ4v) is 4.51. The van der Waals surface area contributed by atoms with Crippen LogP contribution in [0.4, 0.5) is 4.39 Å². The molecule has 0 bridgehead atoms. The molecule has 0 spiro atoms. The number of nitrogens with zero attached hydrogens (tertiary/aromatic N) is 3. The van der Waals surface area contributed by atoms with Crippen molar-refractivity contribution in [2.45, 2.75) is 17.7 Å². The first kappa shape index (κ1) is 22.9. The van der Waals surface area contributed by atoms with Crippen LogP contribution in [0.25, 0.3) is 5.69 Å². The molecule has 0 aliphatic carbocycles. The molecule has 1 amide bonds. The number of benzene rings is 3. The first-order chi connectivity index (χ1) is 17.2. The number of fused-ring (bicyclic) bond motifs is 1. The van der Waals surface area contributed by atoms with E-state index in [0.29, 0.717) is 42.1 Å². The number of rotatable bonds is 8. The highest BCUT2D eigenvalue weighted by atomic mass is 32.2. The van der Waals surface area contributed by atoms with Gasteiger partial charge in [0.25, 0.3) is 0 Å². The van der Waals surface area contributed by atoms with Gasteiger partial charge in [-0.1, -0.05) is 54.2 Å². The highest BCUT2D eigenvalue weighted by molar-refractivity contribution is 7.99. The molecule has 4 aromatic rings. The second kappa shape index (κ2) is 10.6. The molecule has 1 aliphatic rings. The lowest BCUT2D eigenvalue weighted by molar-refractivity contribution is -0.119. The van der Waals surface area contributed by atoms with Crippen molar-refractivity contribution < 1.29 is 18.7 Å². The number of carbonyl (C=O) groups is 1. The topological polar surface area (TPSA) is 78.3 Å². The molecule has 9 heteroatoms. The van der Waals surface area contributed by atoms with Gasteiger partial charge in [-0.3, -0.25) is 9.36 Å². The molecule has 178 valence electrons. The first-order valence-corrected chi connectivity index (χ1v) is 12.2. The third-order valence-electron chi connectivity index (χ3n) is 5.42. The molecule has 1 atom stereocenters. The van der Waals surface area contributed by atoms with E-state index in [1.165, 1.54) is 23.9 Å². The van der Waals surface area contributed by atoms with E-state index in [0.717, 1.165) is 11.3 Å². The molecule has 0 saturated carbocycles. The number of nitrogens with one attached hydrogen (secondary N) is 1. The maximum absolute atomic E-state index is 13.5. The molecule has 1 unspecified atom stereocenters. The van der Waals surface area contributed by atoms with Gasteiger partial charge in [0, 0.05) is 12.1 Å². The number of para-hydroxylation sites is 2. The summed E-state index contributed by atoms with van der Waals surface area (Å²) in [6.45, 7) is 0.698. The van der Waals surface area contributed by atoms with Crippen molar-refractivity contribution in [1.82, 2.24) is 20.1 Å². The van der Waals surface area contributed by atoms with E-state index in [-0.39, 0.29) is 23.6 Å². The van der Waals surface area contributed by atoms with E-state index >= 15 is 0 Å². The summed E-state index contributed by atoms with van der Waals surface area (Å²) in [5.41, 5.74) is 1.81. The van der Waals surface area contributed by atoms with Gasteiger partial charge in [-0.15, -0.1) is 10.2 Å². The van der Waals surface area contributed by atoms with Gasteiger partial charge in [0.1, 0.15) is 24.4 Å². The number of carbonyl (C=O) groups excluding carboxylic acids is 1. The summed E-state index contributed by atoms with van der Waals surface area (Å²) in [7, 11) is 0.